The van der Waals surface area contributed by atoms with Gasteiger partial charge in [0.1, 0.15) is 0 Å². The van der Waals surface area contributed by atoms with Crippen LogP contribution in [0.3, 0.4) is 0 Å². The zero-order chi connectivity index (χ0) is 10.2. The van der Waals surface area contributed by atoms with Crippen molar-refractivity contribution >= 4 is 15.4 Å². The molecule has 0 radical (unpaired) electrons. The zero-order valence-electron chi connectivity index (χ0n) is 9.91. The minimum Gasteiger partial charge on any atom is -0.423 e. The van der Waals surface area contributed by atoms with E-state index in [0.29, 0.717) is 5.04 Å². The molecule has 1 nitrogen and oxygen atoms in total. The third kappa shape index (κ3) is 2.00. The van der Waals surface area contributed by atoms with Crippen LogP contribution in [0.2, 0.25) is 31.2 Å². The highest BCUT2D eigenvalue weighted by molar-refractivity contribution is 7.39. The first kappa shape index (κ1) is 12.4. The zero-order valence-corrected chi connectivity index (χ0v) is 11.9. The van der Waals surface area contributed by atoms with Gasteiger partial charge in [0.2, 0.25) is 0 Å². The van der Waals surface area contributed by atoms with Crippen molar-refractivity contribution in [1.82, 2.24) is 0 Å². The van der Waals surface area contributed by atoms with Gasteiger partial charge in [0.15, 0.2) is 7.83 Å². The third-order valence-electron chi connectivity index (χ3n) is 3.89. The number of hydrogen-bond acceptors (Lipinski definition) is 1. The van der Waals surface area contributed by atoms with Crippen LogP contribution >= 0.6 is 0 Å². The molecule has 0 unspecified atom stereocenters. The Labute approximate surface area is 79.4 Å². The van der Waals surface area contributed by atoms with E-state index in [-0.39, 0.29) is 0 Å². The molecule has 0 bridgehead atoms. The smallest absolute Gasteiger partial charge is 0.173 e. The van der Waals surface area contributed by atoms with E-state index in [4.69, 9.17) is 4.43 Å². The fourth-order valence-electron chi connectivity index (χ4n) is 1.16. The van der Waals surface area contributed by atoms with Gasteiger partial charge in [0.25, 0.3) is 0 Å². The summed E-state index contributed by atoms with van der Waals surface area (Å²) < 4.78 is 5.73. The largest absolute Gasteiger partial charge is 0.423 e. The Hall–Kier alpha value is 0.394. The van der Waals surface area contributed by atoms with Gasteiger partial charge < -0.3 is 4.43 Å². The molecule has 0 aliphatic rings. The van der Waals surface area contributed by atoms with Gasteiger partial charge in [-0.05, 0) is 18.1 Å². The van der Waals surface area contributed by atoms with E-state index in [1.54, 1.807) is 0 Å². The fourth-order valence-corrected chi connectivity index (χ4v) is 10.4. The van der Waals surface area contributed by atoms with Gasteiger partial charge in [0.05, 0.1) is 7.59 Å². The Morgan fingerprint density at radius 2 is 1.25 bits per heavy atom. The highest BCUT2D eigenvalue weighted by Crippen LogP contribution is 2.41. The normalized spacial score (nSPS) is 15.0. The molecule has 0 aromatic carbocycles. The van der Waals surface area contributed by atoms with Crippen molar-refractivity contribution in [3.05, 3.63) is 0 Å². The molecule has 3 heteroatoms. The average Bonchev–Trinajstić information content (AvgIpc) is 1.85. The summed E-state index contributed by atoms with van der Waals surface area (Å²) in [6.45, 7) is 16.7. The van der Waals surface area contributed by atoms with Crippen LogP contribution in [0.5, 0.6) is 0 Å². The maximum atomic E-state index is 5.73. The molecule has 0 fully saturated rings. The molecule has 0 aliphatic carbocycles. The van der Waals surface area contributed by atoms with E-state index in [0.717, 1.165) is 0 Å². The van der Waals surface area contributed by atoms with Crippen molar-refractivity contribution in [2.75, 3.05) is 7.11 Å². The summed E-state index contributed by atoms with van der Waals surface area (Å²) in [5.74, 6) is 0. The van der Waals surface area contributed by atoms with Crippen molar-refractivity contribution in [3.8, 4) is 0 Å². The van der Waals surface area contributed by atoms with Crippen molar-refractivity contribution in [3.63, 3.8) is 0 Å². The molecule has 0 saturated carbocycles. The lowest BCUT2D eigenvalue weighted by Crippen LogP contribution is -2.61. The van der Waals surface area contributed by atoms with Crippen LogP contribution in [0, 0.1) is 0 Å². The summed E-state index contributed by atoms with van der Waals surface area (Å²) in [5.41, 5.74) is 0. The van der Waals surface area contributed by atoms with Gasteiger partial charge in [-0.3, -0.25) is 0 Å². The van der Waals surface area contributed by atoms with Crippen LogP contribution < -0.4 is 0 Å². The quantitative estimate of drug-likeness (QED) is 0.626. The van der Waals surface area contributed by atoms with Gasteiger partial charge in [-0.15, -0.1) is 0 Å². The fraction of sp³-hybridized carbons (Fsp3) is 1.00. The van der Waals surface area contributed by atoms with Gasteiger partial charge in [-0.25, -0.2) is 0 Å². The van der Waals surface area contributed by atoms with Gasteiger partial charge in [-0.1, -0.05) is 33.9 Å². The molecule has 0 amide bonds. The second kappa shape index (κ2) is 3.27. The molecular formula is C9H24OSi2. The minimum atomic E-state index is -1.40. The highest BCUT2D eigenvalue weighted by Gasteiger charge is 2.49. The predicted octanol–water partition coefficient (Wildman–Crippen LogP) is 3.42. The minimum absolute atomic E-state index is 0.457. The first-order valence-electron chi connectivity index (χ1n) is 4.61. The maximum Gasteiger partial charge on any atom is 0.173 e. The molecule has 0 N–H and O–H groups in total. The Bertz CT molecular complexity index is 156. The molecule has 0 saturated heterocycles. The van der Waals surface area contributed by atoms with E-state index in [1.165, 1.54) is 0 Å². The second-order valence-electron chi connectivity index (χ2n) is 5.59. The summed E-state index contributed by atoms with van der Waals surface area (Å²) in [5, 5.41) is 0.457. The number of rotatable bonds is 2. The van der Waals surface area contributed by atoms with E-state index in [1.807, 2.05) is 7.11 Å². The Morgan fingerprint density at radius 1 is 0.917 bits per heavy atom. The average molecular weight is 204 g/mol. The Kier molecular flexibility index (Phi) is 3.38. The monoisotopic (exact) mass is 204 g/mol. The summed E-state index contributed by atoms with van der Waals surface area (Å²) in [6.07, 6.45) is 0. The summed E-state index contributed by atoms with van der Waals surface area (Å²) in [4.78, 5) is 0. The van der Waals surface area contributed by atoms with Crippen molar-refractivity contribution < 1.29 is 4.43 Å². The summed E-state index contributed by atoms with van der Waals surface area (Å²) in [6, 6.07) is 0. The lowest BCUT2D eigenvalue weighted by molar-refractivity contribution is 0.417. The number of hydrogen-bond donors (Lipinski definition) is 0. The van der Waals surface area contributed by atoms with Crippen molar-refractivity contribution in [2.24, 2.45) is 0 Å². The standard InChI is InChI=1S/C9H24OSi2/c1-9(2,3)11(5,6)12(7,8)10-4/h1-8H3. The molecular weight excluding hydrogens is 180 g/mol. The molecule has 0 aliphatic heterocycles. The molecule has 12 heavy (non-hydrogen) atoms. The van der Waals surface area contributed by atoms with Crippen molar-refractivity contribution in [2.45, 2.75) is 52.0 Å². The predicted molar refractivity (Wildman–Crippen MR) is 61.7 cm³/mol. The van der Waals surface area contributed by atoms with E-state index >= 15 is 0 Å². The van der Waals surface area contributed by atoms with Gasteiger partial charge in [0, 0.05) is 7.11 Å². The van der Waals surface area contributed by atoms with Crippen LogP contribution in [0.25, 0.3) is 0 Å². The lowest BCUT2D eigenvalue weighted by atomic mass is 10.2. The lowest BCUT2D eigenvalue weighted by Gasteiger charge is -2.46. The van der Waals surface area contributed by atoms with Crippen LogP contribution in [0.15, 0.2) is 0 Å². The first-order chi connectivity index (χ1) is 5.06. The Balaban J connectivity index is 4.85. The van der Waals surface area contributed by atoms with Gasteiger partial charge >= 0.3 is 0 Å². The van der Waals surface area contributed by atoms with Crippen molar-refractivity contribution in [1.29, 1.82) is 0 Å². The topological polar surface area (TPSA) is 9.23 Å². The molecule has 74 valence electrons. The summed E-state index contributed by atoms with van der Waals surface area (Å²) >= 11 is 0. The molecule has 0 aromatic rings. The Morgan fingerprint density at radius 3 is 1.33 bits per heavy atom. The summed E-state index contributed by atoms with van der Waals surface area (Å²) in [7, 11) is -0.736. The second-order valence-corrected chi connectivity index (χ2v) is 21.1. The maximum absolute atomic E-state index is 5.73. The SMILES string of the molecule is CO[Si](C)(C)[Si](C)(C)C(C)(C)C. The van der Waals surface area contributed by atoms with E-state index in [9.17, 15) is 0 Å². The van der Waals surface area contributed by atoms with E-state index in [2.05, 4.69) is 47.0 Å². The van der Waals surface area contributed by atoms with Crippen LogP contribution in [-0.2, 0) is 4.43 Å². The van der Waals surface area contributed by atoms with Crippen LogP contribution in [0.1, 0.15) is 20.8 Å². The first-order valence-corrected chi connectivity index (χ1v) is 11.5. The van der Waals surface area contributed by atoms with Crippen LogP contribution in [-0.4, -0.2) is 22.5 Å². The van der Waals surface area contributed by atoms with Gasteiger partial charge in [-0.2, -0.15) is 0 Å². The molecule has 0 heterocycles. The molecule has 0 atom stereocenters. The molecule has 0 aromatic heterocycles. The highest BCUT2D eigenvalue weighted by atomic mass is 29.3. The third-order valence-corrected chi connectivity index (χ3v) is 23.6. The molecule has 0 spiro atoms. The molecule has 0 rings (SSSR count). The van der Waals surface area contributed by atoms with Crippen LogP contribution in [0.4, 0.5) is 0 Å². The van der Waals surface area contributed by atoms with E-state index < -0.39 is 15.4 Å².